The predicted octanol–water partition coefficient (Wildman–Crippen LogP) is 3.35. The van der Waals surface area contributed by atoms with Crippen molar-refractivity contribution in [3.05, 3.63) is 29.3 Å². The second kappa shape index (κ2) is 4.57. The maximum Gasteiger partial charge on any atom is 0.101 e. The first-order valence-corrected chi connectivity index (χ1v) is 5.55. The Hall–Kier alpha value is -1.49. The summed E-state index contributed by atoms with van der Waals surface area (Å²) in [4.78, 5) is 2.15. The Morgan fingerprint density at radius 2 is 1.94 bits per heavy atom. The molecule has 0 radical (unpaired) electrons. The highest BCUT2D eigenvalue weighted by molar-refractivity contribution is 5.60. The molecule has 0 amide bonds. The van der Waals surface area contributed by atoms with Crippen molar-refractivity contribution in [2.24, 2.45) is 5.41 Å². The summed E-state index contributed by atoms with van der Waals surface area (Å²) < 4.78 is 0. The van der Waals surface area contributed by atoms with Crippen molar-refractivity contribution in [3.8, 4) is 6.07 Å². The molecule has 0 saturated carbocycles. The van der Waals surface area contributed by atoms with E-state index in [2.05, 4.69) is 37.8 Å². The van der Waals surface area contributed by atoms with E-state index in [9.17, 15) is 0 Å². The summed E-state index contributed by atoms with van der Waals surface area (Å²) in [6, 6.07) is 8.28. The lowest BCUT2D eigenvalue weighted by molar-refractivity contribution is 0.419. The molecule has 0 aromatic heterocycles. The van der Waals surface area contributed by atoms with Crippen LogP contribution in [0.1, 0.15) is 31.9 Å². The molecule has 0 aliphatic rings. The van der Waals surface area contributed by atoms with Crippen molar-refractivity contribution in [3.63, 3.8) is 0 Å². The number of nitriles is 1. The largest absolute Gasteiger partial charge is 0.373 e. The molecule has 1 aromatic carbocycles. The van der Waals surface area contributed by atoms with Gasteiger partial charge in [0.1, 0.15) is 6.07 Å². The van der Waals surface area contributed by atoms with Gasteiger partial charge in [-0.1, -0.05) is 26.8 Å². The highest BCUT2D eigenvalue weighted by atomic mass is 15.1. The molecule has 1 aromatic rings. The van der Waals surface area contributed by atoms with E-state index in [-0.39, 0.29) is 5.41 Å². The highest BCUT2D eigenvalue weighted by Gasteiger charge is 2.15. The minimum absolute atomic E-state index is 0.229. The van der Waals surface area contributed by atoms with Gasteiger partial charge in [-0.15, -0.1) is 0 Å². The Labute approximate surface area is 98.5 Å². The molecule has 0 atom stereocenters. The van der Waals surface area contributed by atoms with Crippen LogP contribution in [0.15, 0.2) is 18.2 Å². The predicted molar refractivity (Wildman–Crippen MR) is 68.6 cm³/mol. The number of hydrogen-bond donors (Lipinski definition) is 0. The summed E-state index contributed by atoms with van der Waals surface area (Å²) in [5, 5.41) is 9.11. The van der Waals surface area contributed by atoms with Crippen LogP contribution < -0.4 is 4.90 Å². The van der Waals surface area contributed by atoms with E-state index in [1.165, 1.54) is 0 Å². The van der Waals surface area contributed by atoms with Gasteiger partial charge in [0.25, 0.3) is 0 Å². The van der Waals surface area contributed by atoms with Crippen LogP contribution >= 0.6 is 0 Å². The monoisotopic (exact) mass is 216 g/mol. The molecular formula is C14H20N2. The third-order valence-electron chi connectivity index (χ3n) is 2.40. The molecule has 2 heteroatoms. The highest BCUT2D eigenvalue weighted by Crippen LogP contribution is 2.24. The maximum absolute atomic E-state index is 9.11. The zero-order valence-corrected chi connectivity index (χ0v) is 10.8. The normalized spacial score (nSPS) is 11.0. The lowest BCUT2D eigenvalue weighted by Gasteiger charge is -2.29. The van der Waals surface area contributed by atoms with Crippen molar-refractivity contribution in [1.29, 1.82) is 5.26 Å². The Kier molecular flexibility index (Phi) is 3.59. The van der Waals surface area contributed by atoms with Gasteiger partial charge in [-0.3, -0.25) is 0 Å². The van der Waals surface area contributed by atoms with Crippen molar-refractivity contribution < 1.29 is 0 Å². The molecule has 2 nitrogen and oxygen atoms in total. The first kappa shape index (κ1) is 12.6. The number of anilines is 1. The van der Waals surface area contributed by atoms with Gasteiger partial charge < -0.3 is 4.90 Å². The van der Waals surface area contributed by atoms with E-state index in [1.807, 2.05) is 26.1 Å². The van der Waals surface area contributed by atoms with E-state index < -0.39 is 0 Å². The maximum atomic E-state index is 9.11. The fourth-order valence-corrected chi connectivity index (χ4v) is 1.87. The molecule has 0 spiro atoms. The van der Waals surface area contributed by atoms with Crippen LogP contribution in [-0.2, 0) is 0 Å². The summed E-state index contributed by atoms with van der Waals surface area (Å²) >= 11 is 0. The molecule has 0 aliphatic carbocycles. The fraction of sp³-hybridized carbons (Fsp3) is 0.500. The van der Waals surface area contributed by atoms with Gasteiger partial charge in [-0.2, -0.15) is 5.26 Å². The number of hydrogen-bond acceptors (Lipinski definition) is 2. The Morgan fingerprint density at radius 3 is 2.44 bits per heavy atom. The zero-order chi connectivity index (χ0) is 12.3. The first-order chi connectivity index (χ1) is 7.33. The van der Waals surface area contributed by atoms with Gasteiger partial charge in [-0.25, -0.2) is 0 Å². The molecule has 1 rings (SSSR count). The third kappa shape index (κ3) is 3.27. The zero-order valence-electron chi connectivity index (χ0n) is 10.8. The van der Waals surface area contributed by atoms with Gasteiger partial charge in [0.05, 0.1) is 11.3 Å². The Balaban J connectivity index is 3.00. The molecule has 0 unspecified atom stereocenters. The van der Waals surface area contributed by atoms with Gasteiger partial charge in [0.15, 0.2) is 0 Å². The molecule has 0 bridgehead atoms. The van der Waals surface area contributed by atoms with Gasteiger partial charge in [0.2, 0.25) is 0 Å². The smallest absolute Gasteiger partial charge is 0.101 e. The van der Waals surface area contributed by atoms with E-state index in [0.717, 1.165) is 23.4 Å². The topological polar surface area (TPSA) is 27.0 Å². The van der Waals surface area contributed by atoms with Crippen LogP contribution in [0.3, 0.4) is 0 Å². The molecule has 0 fully saturated rings. The van der Waals surface area contributed by atoms with Crippen LogP contribution in [0.4, 0.5) is 5.69 Å². The Bertz CT molecular complexity index is 408. The molecule has 0 heterocycles. The summed E-state index contributed by atoms with van der Waals surface area (Å²) in [7, 11) is 2.04. The van der Waals surface area contributed by atoms with Crippen LogP contribution in [0.2, 0.25) is 0 Å². The van der Waals surface area contributed by atoms with Crippen LogP contribution in [0.5, 0.6) is 0 Å². The third-order valence-corrected chi connectivity index (χ3v) is 2.40. The lowest BCUT2D eigenvalue weighted by Crippen LogP contribution is -2.29. The first-order valence-electron chi connectivity index (χ1n) is 5.55. The summed E-state index contributed by atoms with van der Waals surface area (Å²) in [6.45, 7) is 9.54. The van der Waals surface area contributed by atoms with Crippen molar-refractivity contribution in [1.82, 2.24) is 0 Å². The van der Waals surface area contributed by atoms with Crippen molar-refractivity contribution in [2.75, 3.05) is 18.5 Å². The molecule has 16 heavy (non-hydrogen) atoms. The van der Waals surface area contributed by atoms with Crippen LogP contribution in [-0.4, -0.2) is 13.6 Å². The number of nitrogens with zero attached hydrogens (tertiary/aromatic N) is 2. The average molecular weight is 216 g/mol. The molecule has 0 saturated heterocycles. The lowest BCUT2D eigenvalue weighted by atomic mass is 9.95. The minimum Gasteiger partial charge on any atom is -0.373 e. The van der Waals surface area contributed by atoms with Crippen LogP contribution in [0.25, 0.3) is 0 Å². The van der Waals surface area contributed by atoms with E-state index in [4.69, 9.17) is 5.26 Å². The molecule has 0 aliphatic heterocycles. The quantitative estimate of drug-likeness (QED) is 0.758. The summed E-state index contributed by atoms with van der Waals surface area (Å²) in [5.74, 6) is 0. The average Bonchev–Trinajstić information content (AvgIpc) is 2.14. The Morgan fingerprint density at radius 1 is 1.31 bits per heavy atom. The van der Waals surface area contributed by atoms with E-state index in [0.29, 0.717) is 0 Å². The molecule has 86 valence electrons. The molecule has 0 N–H and O–H groups in total. The SMILES string of the molecule is Cc1ccc(N(C)CC(C)(C)C)c(C#N)c1. The fourth-order valence-electron chi connectivity index (χ4n) is 1.87. The number of rotatable bonds is 2. The standard InChI is InChI=1S/C14H20N2/c1-11-6-7-13(12(8-11)9-15)16(5)10-14(2,3)4/h6-8H,10H2,1-5H3. The second-order valence-electron chi connectivity index (χ2n) is 5.55. The summed E-state index contributed by atoms with van der Waals surface area (Å²) in [5.41, 5.74) is 3.13. The summed E-state index contributed by atoms with van der Waals surface area (Å²) in [6.07, 6.45) is 0. The van der Waals surface area contributed by atoms with Crippen LogP contribution in [0, 0.1) is 23.7 Å². The van der Waals surface area contributed by atoms with E-state index in [1.54, 1.807) is 0 Å². The van der Waals surface area contributed by atoms with Crippen molar-refractivity contribution in [2.45, 2.75) is 27.7 Å². The van der Waals surface area contributed by atoms with E-state index >= 15 is 0 Å². The minimum atomic E-state index is 0.229. The number of benzene rings is 1. The second-order valence-corrected chi connectivity index (χ2v) is 5.55. The van der Waals surface area contributed by atoms with Gasteiger partial charge in [-0.05, 0) is 30.0 Å². The number of aryl methyl sites for hydroxylation is 1. The van der Waals surface area contributed by atoms with Gasteiger partial charge in [0, 0.05) is 13.6 Å². The van der Waals surface area contributed by atoms with Crippen molar-refractivity contribution >= 4 is 5.69 Å². The molecular weight excluding hydrogens is 196 g/mol. The van der Waals surface area contributed by atoms with Gasteiger partial charge >= 0.3 is 0 Å².